The van der Waals surface area contributed by atoms with Crippen LogP contribution in [-0.4, -0.2) is 74.2 Å². The zero-order valence-corrected chi connectivity index (χ0v) is 23.6. The number of carbonyl (C=O) groups excluding carboxylic acids is 2. The number of nitrogens with one attached hydrogen (secondary N) is 2. The van der Waals surface area contributed by atoms with Crippen molar-refractivity contribution in [3.8, 4) is 0 Å². The van der Waals surface area contributed by atoms with Gasteiger partial charge in [-0.1, -0.05) is 25.5 Å². The number of amides is 2. The molecule has 2 heterocycles. The number of aryl methyl sites for hydroxylation is 1. The molecule has 0 aromatic heterocycles. The number of piperazine rings is 1. The van der Waals surface area contributed by atoms with Gasteiger partial charge in [0.15, 0.2) is 0 Å². The molecule has 2 unspecified atom stereocenters. The minimum atomic E-state index is -3.75. The van der Waals surface area contributed by atoms with Crippen LogP contribution in [0.3, 0.4) is 0 Å². The second kappa shape index (κ2) is 11.5. The van der Waals surface area contributed by atoms with Crippen molar-refractivity contribution in [2.75, 3.05) is 32.7 Å². The smallest absolute Gasteiger partial charge is 0.243 e. The van der Waals surface area contributed by atoms with Crippen LogP contribution in [0.1, 0.15) is 43.2 Å². The van der Waals surface area contributed by atoms with E-state index in [0.717, 1.165) is 24.5 Å². The second-order valence-corrected chi connectivity index (χ2v) is 13.1. The van der Waals surface area contributed by atoms with Crippen LogP contribution in [0.25, 0.3) is 0 Å². The summed E-state index contributed by atoms with van der Waals surface area (Å²) in [6, 6.07) is 9.29. The number of unbranched alkanes of at least 4 members (excludes halogenated alkanes) is 1. The van der Waals surface area contributed by atoms with Crippen LogP contribution in [0.4, 0.5) is 8.78 Å². The summed E-state index contributed by atoms with van der Waals surface area (Å²) < 4.78 is 56.6. The van der Waals surface area contributed by atoms with Crippen molar-refractivity contribution in [1.82, 2.24) is 19.8 Å². The van der Waals surface area contributed by atoms with Gasteiger partial charge in [-0.05, 0) is 48.7 Å². The second-order valence-electron chi connectivity index (χ2n) is 11.2. The van der Waals surface area contributed by atoms with Gasteiger partial charge in [0, 0.05) is 69.1 Å². The normalized spacial score (nSPS) is 27.1. The topological polar surface area (TPSA) is 98.8 Å². The molecule has 5 rings (SSSR count). The van der Waals surface area contributed by atoms with Crippen molar-refractivity contribution < 1.29 is 26.8 Å². The van der Waals surface area contributed by atoms with Gasteiger partial charge in [0.1, 0.15) is 11.6 Å². The molecule has 1 aliphatic carbocycles. The minimum absolute atomic E-state index is 0.0457. The summed E-state index contributed by atoms with van der Waals surface area (Å²) in [5, 5.41) is 6.43. The van der Waals surface area contributed by atoms with Crippen molar-refractivity contribution >= 4 is 21.8 Å². The van der Waals surface area contributed by atoms with Gasteiger partial charge >= 0.3 is 0 Å². The molecule has 2 aromatic carbocycles. The Morgan fingerprint density at radius 2 is 1.88 bits per heavy atom. The van der Waals surface area contributed by atoms with Crippen LogP contribution in [0.15, 0.2) is 47.4 Å². The summed E-state index contributed by atoms with van der Waals surface area (Å²) in [5.41, 5.74) is 1.25. The summed E-state index contributed by atoms with van der Waals surface area (Å²) in [6.07, 6.45) is 1.95. The fraction of sp³-hybridized carbons (Fsp3) is 0.517. The largest absolute Gasteiger partial charge is 0.352 e. The fourth-order valence-electron chi connectivity index (χ4n) is 6.16. The molecule has 0 radical (unpaired) electrons. The Labute approximate surface area is 234 Å². The van der Waals surface area contributed by atoms with E-state index in [2.05, 4.69) is 10.6 Å². The van der Waals surface area contributed by atoms with Crippen LogP contribution >= 0.6 is 0 Å². The molecule has 3 aliphatic rings. The average Bonchev–Trinajstić information content (AvgIpc) is 3.50. The number of benzene rings is 2. The van der Waals surface area contributed by atoms with E-state index in [-0.39, 0.29) is 48.2 Å². The van der Waals surface area contributed by atoms with Crippen molar-refractivity contribution in [2.24, 2.45) is 11.8 Å². The first-order valence-corrected chi connectivity index (χ1v) is 15.4. The Kier molecular flexibility index (Phi) is 8.26. The Balaban J connectivity index is 1.35. The van der Waals surface area contributed by atoms with Crippen LogP contribution in [-0.2, 0) is 19.6 Å². The first-order valence-electron chi connectivity index (χ1n) is 13.9. The highest BCUT2D eigenvalue weighted by molar-refractivity contribution is 7.89. The molecule has 40 heavy (non-hydrogen) atoms. The van der Waals surface area contributed by atoms with Crippen LogP contribution < -0.4 is 10.6 Å². The number of sulfonamides is 1. The number of hydrogen-bond donors (Lipinski definition) is 2. The molecule has 2 amide bonds. The Morgan fingerprint density at radius 1 is 1.12 bits per heavy atom. The lowest BCUT2D eigenvalue weighted by Crippen LogP contribution is -2.54. The highest BCUT2D eigenvalue weighted by Crippen LogP contribution is 2.51. The lowest BCUT2D eigenvalue weighted by atomic mass is 10.0. The predicted molar refractivity (Wildman–Crippen MR) is 146 cm³/mol. The summed E-state index contributed by atoms with van der Waals surface area (Å²) in [7, 11) is -3.75. The number of halogens is 2. The number of carbonyl (C=O) groups is 2. The molecule has 11 heteroatoms. The first-order chi connectivity index (χ1) is 19.1. The van der Waals surface area contributed by atoms with E-state index in [0.29, 0.717) is 25.2 Å². The maximum atomic E-state index is 14.2. The third kappa shape index (κ3) is 5.91. The molecule has 2 aromatic rings. The molecule has 2 saturated heterocycles. The minimum Gasteiger partial charge on any atom is -0.352 e. The van der Waals surface area contributed by atoms with E-state index in [1.54, 1.807) is 23.1 Å². The van der Waals surface area contributed by atoms with Crippen molar-refractivity contribution in [3.63, 3.8) is 0 Å². The number of hydrogen-bond acceptors (Lipinski definition) is 5. The summed E-state index contributed by atoms with van der Waals surface area (Å²) in [6.45, 7) is 5.70. The summed E-state index contributed by atoms with van der Waals surface area (Å²) >= 11 is 0. The van der Waals surface area contributed by atoms with Crippen LogP contribution in [0, 0.1) is 30.4 Å². The molecular formula is C29H36F2N4O4S. The summed E-state index contributed by atoms with van der Waals surface area (Å²) in [5.74, 6) is -2.90. The lowest BCUT2D eigenvalue weighted by Gasteiger charge is -2.33. The van der Waals surface area contributed by atoms with Crippen molar-refractivity contribution in [2.45, 2.75) is 56.0 Å². The summed E-state index contributed by atoms with van der Waals surface area (Å²) in [4.78, 5) is 27.6. The maximum absolute atomic E-state index is 14.2. The number of nitrogens with zero attached hydrogens (tertiary/aromatic N) is 2. The van der Waals surface area contributed by atoms with Gasteiger partial charge in [0.25, 0.3) is 0 Å². The lowest BCUT2D eigenvalue weighted by molar-refractivity contribution is -0.129. The van der Waals surface area contributed by atoms with Crippen molar-refractivity contribution in [1.29, 1.82) is 0 Å². The van der Waals surface area contributed by atoms with Gasteiger partial charge in [-0.2, -0.15) is 4.31 Å². The Morgan fingerprint density at radius 3 is 2.58 bits per heavy atom. The molecular weight excluding hydrogens is 538 g/mol. The van der Waals surface area contributed by atoms with Gasteiger partial charge in [-0.3, -0.25) is 9.59 Å². The van der Waals surface area contributed by atoms with Gasteiger partial charge in [0.05, 0.1) is 10.8 Å². The third-order valence-electron chi connectivity index (χ3n) is 8.28. The maximum Gasteiger partial charge on any atom is 0.243 e. The molecule has 2 aliphatic heterocycles. The molecule has 5 atom stereocenters. The van der Waals surface area contributed by atoms with Gasteiger partial charge in [-0.25, -0.2) is 17.2 Å². The van der Waals surface area contributed by atoms with E-state index in [1.165, 1.54) is 16.4 Å². The van der Waals surface area contributed by atoms with Gasteiger partial charge in [0.2, 0.25) is 21.8 Å². The fourth-order valence-corrected chi connectivity index (χ4v) is 7.74. The zero-order valence-electron chi connectivity index (χ0n) is 22.8. The monoisotopic (exact) mass is 574 g/mol. The first kappa shape index (κ1) is 28.6. The van der Waals surface area contributed by atoms with E-state index in [4.69, 9.17) is 0 Å². The quantitative estimate of drug-likeness (QED) is 0.480. The molecule has 3 fully saturated rings. The third-order valence-corrected chi connectivity index (χ3v) is 10.1. The van der Waals surface area contributed by atoms with Crippen LogP contribution in [0.5, 0.6) is 0 Å². The molecule has 0 spiro atoms. The number of likely N-dealkylation sites (tertiary alicyclic amines) is 1. The molecule has 2 N–H and O–H groups in total. The van der Waals surface area contributed by atoms with Crippen LogP contribution in [0.2, 0.25) is 0 Å². The van der Waals surface area contributed by atoms with Crippen molar-refractivity contribution in [3.05, 3.63) is 65.2 Å². The standard InChI is InChI=1S/C29H36F2N4O4S/c1-3-4-9-34-16-20(14-25(34)36)29(37)33-28-26(19-12-21(30)15-22(31)13-19)27(28)24-17-35(10-8-32-24)40(38,39)23-7-5-6-18(2)11-23/h5-7,11-13,15,20,24,26-28,32H,3-4,8-10,14,16-17H2,1-2H3,(H,33,37)/t20?,24-,26-,27+,28?/m1/s1. The van der Waals surface area contributed by atoms with E-state index in [9.17, 15) is 26.8 Å². The van der Waals surface area contributed by atoms with Gasteiger partial charge < -0.3 is 15.5 Å². The number of rotatable bonds is 9. The Bertz CT molecular complexity index is 1370. The molecule has 216 valence electrons. The van der Waals surface area contributed by atoms with E-state index < -0.39 is 39.5 Å². The van der Waals surface area contributed by atoms with Gasteiger partial charge in [-0.15, -0.1) is 0 Å². The highest BCUT2D eigenvalue weighted by atomic mass is 32.2. The molecule has 1 saturated carbocycles. The zero-order chi connectivity index (χ0) is 28.6. The SMILES string of the molecule is CCCCN1CC(C(=O)NC2[C@@H]([C@H]3CN(S(=O)(=O)c4cccc(C)c4)CCN3)[C@H]2c2cc(F)cc(F)c2)CC1=O. The van der Waals surface area contributed by atoms with E-state index in [1.807, 2.05) is 19.9 Å². The van der Waals surface area contributed by atoms with E-state index >= 15 is 0 Å². The Hall–Kier alpha value is -2.89. The predicted octanol–water partition coefficient (Wildman–Crippen LogP) is 2.78. The molecule has 8 nitrogen and oxygen atoms in total. The highest BCUT2D eigenvalue weighted by Gasteiger charge is 2.57. The average molecular weight is 575 g/mol. The molecule has 0 bridgehead atoms.